The van der Waals surface area contributed by atoms with Crippen LogP contribution in [0.4, 0.5) is 0 Å². The molecule has 1 aromatic heterocycles. The SMILES string of the molecule is CCCCOC(=O)[C@H](CCOc1cc(-c2ccccc2)nc2cc(OC)ccc12)NC=O. The van der Waals surface area contributed by atoms with Gasteiger partial charge in [0.2, 0.25) is 6.41 Å². The second-order valence-electron chi connectivity index (χ2n) is 7.25. The Hall–Kier alpha value is -3.61. The number of unbranched alkanes of at least 4 members (excludes halogenated alkanes) is 1. The number of aromatic nitrogens is 1. The molecule has 2 aromatic carbocycles. The van der Waals surface area contributed by atoms with Crippen LogP contribution in [0, 0.1) is 0 Å². The molecule has 0 bridgehead atoms. The molecule has 32 heavy (non-hydrogen) atoms. The molecule has 7 nitrogen and oxygen atoms in total. The van der Waals surface area contributed by atoms with E-state index in [0.29, 0.717) is 24.5 Å². The number of nitrogens with zero attached hydrogens (tertiary/aromatic N) is 1. The number of esters is 1. The molecule has 0 spiro atoms. The molecule has 0 unspecified atom stereocenters. The second-order valence-corrected chi connectivity index (χ2v) is 7.25. The summed E-state index contributed by atoms with van der Waals surface area (Å²) in [6.45, 7) is 2.57. The summed E-state index contributed by atoms with van der Waals surface area (Å²) < 4.78 is 16.6. The number of fused-ring (bicyclic) bond motifs is 1. The fourth-order valence-electron chi connectivity index (χ4n) is 3.24. The molecule has 7 heteroatoms. The number of hydrogen-bond donors (Lipinski definition) is 1. The third kappa shape index (κ3) is 5.97. The van der Waals surface area contributed by atoms with Gasteiger partial charge in [0.05, 0.1) is 31.5 Å². The summed E-state index contributed by atoms with van der Waals surface area (Å²) in [7, 11) is 1.61. The lowest BCUT2D eigenvalue weighted by atomic mass is 10.1. The van der Waals surface area contributed by atoms with Crippen LogP contribution in [0.25, 0.3) is 22.2 Å². The van der Waals surface area contributed by atoms with Gasteiger partial charge in [-0.05, 0) is 18.6 Å². The predicted octanol–water partition coefficient (Wildman–Crippen LogP) is 4.14. The van der Waals surface area contributed by atoms with Crippen molar-refractivity contribution in [3.8, 4) is 22.8 Å². The summed E-state index contributed by atoms with van der Waals surface area (Å²) in [6.07, 6.45) is 2.49. The van der Waals surface area contributed by atoms with Crippen molar-refractivity contribution in [2.45, 2.75) is 32.2 Å². The summed E-state index contributed by atoms with van der Waals surface area (Å²) in [5, 5.41) is 3.35. The zero-order valence-corrected chi connectivity index (χ0v) is 18.4. The van der Waals surface area contributed by atoms with Crippen LogP contribution in [0.3, 0.4) is 0 Å². The highest BCUT2D eigenvalue weighted by Crippen LogP contribution is 2.32. The van der Waals surface area contributed by atoms with Gasteiger partial charge < -0.3 is 19.5 Å². The summed E-state index contributed by atoms with van der Waals surface area (Å²) in [6, 6.07) is 16.5. The molecule has 1 N–H and O–H groups in total. The number of benzene rings is 2. The van der Waals surface area contributed by atoms with Gasteiger partial charge in [-0.1, -0.05) is 43.7 Å². The van der Waals surface area contributed by atoms with Crippen LogP contribution in [0.1, 0.15) is 26.2 Å². The van der Waals surface area contributed by atoms with Gasteiger partial charge in [-0.15, -0.1) is 0 Å². The van der Waals surface area contributed by atoms with Gasteiger partial charge >= 0.3 is 5.97 Å². The highest BCUT2D eigenvalue weighted by Gasteiger charge is 2.19. The number of nitrogens with one attached hydrogen (secondary N) is 1. The normalized spacial score (nSPS) is 11.6. The quantitative estimate of drug-likeness (QED) is 0.261. The largest absolute Gasteiger partial charge is 0.497 e. The number of amides is 1. The van der Waals surface area contributed by atoms with E-state index in [0.717, 1.165) is 35.0 Å². The molecular weight excluding hydrogens is 408 g/mol. The van der Waals surface area contributed by atoms with Crippen molar-refractivity contribution in [2.24, 2.45) is 0 Å². The van der Waals surface area contributed by atoms with Crippen LogP contribution in [-0.2, 0) is 14.3 Å². The first-order valence-electron chi connectivity index (χ1n) is 10.7. The minimum absolute atomic E-state index is 0.216. The molecule has 0 aliphatic rings. The second kappa shape index (κ2) is 11.7. The van der Waals surface area contributed by atoms with E-state index >= 15 is 0 Å². The van der Waals surface area contributed by atoms with Gasteiger partial charge in [-0.3, -0.25) is 4.79 Å². The van der Waals surface area contributed by atoms with Crippen molar-refractivity contribution in [3.05, 3.63) is 54.6 Å². The lowest BCUT2D eigenvalue weighted by Gasteiger charge is -2.17. The molecule has 3 rings (SSSR count). The maximum absolute atomic E-state index is 12.2. The summed E-state index contributed by atoms with van der Waals surface area (Å²) >= 11 is 0. The van der Waals surface area contributed by atoms with Crippen molar-refractivity contribution in [1.29, 1.82) is 0 Å². The van der Waals surface area contributed by atoms with Crippen LogP contribution >= 0.6 is 0 Å². The van der Waals surface area contributed by atoms with Gasteiger partial charge in [-0.2, -0.15) is 0 Å². The fraction of sp³-hybridized carbons (Fsp3) is 0.320. The van der Waals surface area contributed by atoms with E-state index in [-0.39, 0.29) is 13.0 Å². The summed E-state index contributed by atoms with van der Waals surface area (Å²) in [5.41, 5.74) is 2.47. The Morgan fingerprint density at radius 1 is 1.12 bits per heavy atom. The van der Waals surface area contributed by atoms with E-state index in [1.807, 2.05) is 61.5 Å². The average molecular weight is 437 g/mol. The van der Waals surface area contributed by atoms with Gasteiger partial charge in [0.1, 0.15) is 17.5 Å². The van der Waals surface area contributed by atoms with E-state index in [1.165, 1.54) is 0 Å². The number of methoxy groups -OCH3 is 1. The van der Waals surface area contributed by atoms with Crippen LogP contribution in [-0.4, -0.2) is 43.7 Å². The number of ether oxygens (including phenoxy) is 3. The minimum Gasteiger partial charge on any atom is -0.497 e. The third-order valence-corrected chi connectivity index (χ3v) is 5.01. The van der Waals surface area contributed by atoms with Crippen molar-refractivity contribution < 1.29 is 23.8 Å². The van der Waals surface area contributed by atoms with Crippen molar-refractivity contribution >= 4 is 23.3 Å². The first kappa shape index (κ1) is 23.1. The van der Waals surface area contributed by atoms with Crippen molar-refractivity contribution in [3.63, 3.8) is 0 Å². The van der Waals surface area contributed by atoms with Gasteiger partial charge in [0.25, 0.3) is 0 Å². The Bertz CT molecular complexity index is 1040. The molecule has 0 aliphatic heterocycles. The molecule has 0 saturated heterocycles. The highest BCUT2D eigenvalue weighted by molar-refractivity contribution is 5.89. The van der Waals surface area contributed by atoms with E-state index in [2.05, 4.69) is 5.32 Å². The molecule has 3 aromatic rings. The highest BCUT2D eigenvalue weighted by atomic mass is 16.5. The van der Waals surface area contributed by atoms with Crippen LogP contribution in [0.2, 0.25) is 0 Å². The van der Waals surface area contributed by atoms with E-state index in [9.17, 15) is 9.59 Å². The minimum atomic E-state index is -0.758. The number of pyridine rings is 1. The third-order valence-electron chi connectivity index (χ3n) is 5.01. The number of hydrogen-bond acceptors (Lipinski definition) is 6. The van der Waals surface area contributed by atoms with Gasteiger partial charge in [0, 0.05) is 29.5 Å². The van der Waals surface area contributed by atoms with Crippen LogP contribution < -0.4 is 14.8 Å². The molecule has 1 atom stereocenters. The van der Waals surface area contributed by atoms with E-state index < -0.39 is 12.0 Å². The first-order chi connectivity index (χ1) is 15.7. The molecule has 1 amide bonds. The number of carbonyl (C=O) groups is 2. The summed E-state index contributed by atoms with van der Waals surface area (Å²) in [5.74, 6) is 0.885. The zero-order valence-electron chi connectivity index (χ0n) is 18.4. The number of carbonyl (C=O) groups excluding carboxylic acids is 2. The maximum atomic E-state index is 12.2. The average Bonchev–Trinajstić information content (AvgIpc) is 2.83. The lowest BCUT2D eigenvalue weighted by molar-refractivity contribution is -0.147. The molecule has 0 saturated carbocycles. The Labute approximate surface area is 187 Å². The zero-order chi connectivity index (χ0) is 22.8. The lowest BCUT2D eigenvalue weighted by Crippen LogP contribution is -2.38. The van der Waals surface area contributed by atoms with Gasteiger partial charge in [-0.25, -0.2) is 9.78 Å². The van der Waals surface area contributed by atoms with Crippen LogP contribution in [0.15, 0.2) is 54.6 Å². The Morgan fingerprint density at radius 3 is 2.66 bits per heavy atom. The fourth-order valence-corrected chi connectivity index (χ4v) is 3.24. The molecule has 0 fully saturated rings. The topological polar surface area (TPSA) is 86.8 Å². The summed E-state index contributed by atoms with van der Waals surface area (Å²) in [4.78, 5) is 28.0. The molecule has 1 heterocycles. The van der Waals surface area contributed by atoms with Crippen molar-refractivity contribution in [2.75, 3.05) is 20.3 Å². The van der Waals surface area contributed by atoms with Crippen LogP contribution in [0.5, 0.6) is 11.5 Å². The van der Waals surface area contributed by atoms with Crippen molar-refractivity contribution in [1.82, 2.24) is 10.3 Å². The Kier molecular flexibility index (Phi) is 8.43. The maximum Gasteiger partial charge on any atom is 0.328 e. The molecular formula is C25H28N2O5. The predicted molar refractivity (Wildman–Crippen MR) is 123 cm³/mol. The smallest absolute Gasteiger partial charge is 0.328 e. The molecule has 0 aliphatic carbocycles. The molecule has 168 valence electrons. The number of rotatable bonds is 12. The Morgan fingerprint density at radius 2 is 1.94 bits per heavy atom. The van der Waals surface area contributed by atoms with Gasteiger partial charge in [0.15, 0.2) is 0 Å². The molecule has 0 radical (unpaired) electrons. The van der Waals surface area contributed by atoms with E-state index in [4.69, 9.17) is 19.2 Å². The Balaban J connectivity index is 1.80. The van der Waals surface area contributed by atoms with E-state index in [1.54, 1.807) is 7.11 Å². The standard InChI is InChI=1S/C25H28N2O5/c1-3-4-13-32-25(29)21(26-17-28)12-14-31-24-16-22(18-8-6-5-7-9-18)27-23-15-19(30-2)10-11-20(23)24/h5-11,15-17,21H,3-4,12-14H2,1-2H3,(H,26,28)/t21-/m0/s1. The monoisotopic (exact) mass is 436 g/mol. The first-order valence-corrected chi connectivity index (χ1v) is 10.7.